The minimum Gasteiger partial charge on any atom is -0.497 e. The Morgan fingerprint density at radius 1 is 1.28 bits per heavy atom. The van der Waals surface area contributed by atoms with Gasteiger partial charge in [0.2, 0.25) is 0 Å². The predicted molar refractivity (Wildman–Crippen MR) is 106 cm³/mol. The molecule has 5 heteroatoms. The van der Waals surface area contributed by atoms with Crippen LogP contribution in [0.5, 0.6) is 5.75 Å². The normalized spacial score (nSPS) is 18.8. The Kier molecular flexibility index (Phi) is 8.60. The number of methoxy groups -OCH3 is 1. The first-order valence-electron chi connectivity index (χ1n) is 9.58. The molecule has 1 aliphatic heterocycles. The van der Waals surface area contributed by atoms with Crippen LogP contribution in [0.15, 0.2) is 29.3 Å². The van der Waals surface area contributed by atoms with Crippen molar-refractivity contribution in [1.82, 2.24) is 15.5 Å². The fourth-order valence-corrected chi connectivity index (χ4v) is 3.51. The largest absolute Gasteiger partial charge is 0.497 e. The Labute approximate surface area is 152 Å². The van der Waals surface area contributed by atoms with Gasteiger partial charge in [-0.1, -0.05) is 25.5 Å². The maximum Gasteiger partial charge on any atom is 0.191 e. The van der Waals surface area contributed by atoms with Crippen LogP contribution in [0.25, 0.3) is 0 Å². The highest BCUT2D eigenvalue weighted by molar-refractivity contribution is 5.79. The summed E-state index contributed by atoms with van der Waals surface area (Å²) >= 11 is 0. The van der Waals surface area contributed by atoms with Gasteiger partial charge in [0.1, 0.15) is 5.75 Å². The van der Waals surface area contributed by atoms with E-state index in [9.17, 15) is 0 Å². The first-order chi connectivity index (χ1) is 12.3. The molecule has 1 aliphatic rings. The van der Waals surface area contributed by atoms with E-state index in [1.54, 1.807) is 7.11 Å². The lowest BCUT2D eigenvalue weighted by Crippen LogP contribution is -2.46. The highest BCUT2D eigenvalue weighted by Crippen LogP contribution is 2.18. The van der Waals surface area contributed by atoms with Crippen molar-refractivity contribution in [3.8, 4) is 5.75 Å². The van der Waals surface area contributed by atoms with Crippen LogP contribution in [0, 0.1) is 0 Å². The summed E-state index contributed by atoms with van der Waals surface area (Å²) in [7, 11) is 3.53. The summed E-state index contributed by atoms with van der Waals surface area (Å²) in [5, 5.41) is 6.84. The van der Waals surface area contributed by atoms with Crippen LogP contribution in [0.4, 0.5) is 0 Å². The molecule has 0 amide bonds. The molecule has 0 aromatic heterocycles. The Hall–Kier alpha value is -1.75. The number of guanidine groups is 1. The number of aliphatic imine (C=N–C) groups is 1. The average molecular weight is 347 g/mol. The SMILES string of the molecule is CCC1CCCCN1CCNC(=NC)NCCc1cccc(OC)c1. The van der Waals surface area contributed by atoms with E-state index < -0.39 is 0 Å². The van der Waals surface area contributed by atoms with E-state index in [0.29, 0.717) is 0 Å². The molecule has 1 saturated heterocycles. The number of piperidine rings is 1. The second-order valence-electron chi connectivity index (χ2n) is 6.62. The van der Waals surface area contributed by atoms with Crippen molar-refractivity contribution in [3.05, 3.63) is 29.8 Å². The number of hydrogen-bond acceptors (Lipinski definition) is 3. The summed E-state index contributed by atoms with van der Waals surface area (Å²) in [5.41, 5.74) is 1.27. The van der Waals surface area contributed by atoms with Gasteiger partial charge < -0.3 is 15.4 Å². The van der Waals surface area contributed by atoms with E-state index in [0.717, 1.165) is 43.8 Å². The standard InChI is InChI=1S/C20H34N4O/c1-4-18-9-5-6-14-24(18)15-13-23-20(21-2)22-12-11-17-8-7-10-19(16-17)25-3/h7-8,10,16,18H,4-6,9,11-15H2,1-3H3,(H2,21,22,23). The lowest BCUT2D eigenvalue weighted by Gasteiger charge is -2.35. The van der Waals surface area contributed by atoms with Crippen LogP contribution >= 0.6 is 0 Å². The third kappa shape index (κ3) is 6.58. The van der Waals surface area contributed by atoms with Gasteiger partial charge in [-0.3, -0.25) is 9.89 Å². The number of ether oxygens (including phenoxy) is 1. The Morgan fingerprint density at radius 2 is 2.12 bits per heavy atom. The zero-order valence-corrected chi connectivity index (χ0v) is 16.1. The van der Waals surface area contributed by atoms with Crippen LogP contribution in [-0.4, -0.2) is 57.2 Å². The van der Waals surface area contributed by atoms with Crippen LogP contribution in [0.1, 0.15) is 38.2 Å². The smallest absolute Gasteiger partial charge is 0.191 e. The quantitative estimate of drug-likeness (QED) is 0.561. The van der Waals surface area contributed by atoms with Crippen LogP contribution < -0.4 is 15.4 Å². The van der Waals surface area contributed by atoms with Gasteiger partial charge >= 0.3 is 0 Å². The molecule has 0 aliphatic carbocycles. The molecule has 0 saturated carbocycles. The molecular weight excluding hydrogens is 312 g/mol. The molecule has 0 bridgehead atoms. The zero-order chi connectivity index (χ0) is 17.9. The molecule has 2 N–H and O–H groups in total. The Bertz CT molecular complexity index is 532. The van der Waals surface area contributed by atoms with Crippen molar-refractivity contribution in [3.63, 3.8) is 0 Å². The third-order valence-electron chi connectivity index (χ3n) is 4.98. The molecule has 0 spiro atoms. The fourth-order valence-electron chi connectivity index (χ4n) is 3.51. The minimum absolute atomic E-state index is 0.763. The number of rotatable bonds is 8. The van der Waals surface area contributed by atoms with Crippen molar-refractivity contribution in [2.24, 2.45) is 4.99 Å². The fraction of sp³-hybridized carbons (Fsp3) is 0.650. The molecule has 2 rings (SSSR count). The molecule has 1 heterocycles. The number of nitrogens with one attached hydrogen (secondary N) is 2. The highest BCUT2D eigenvalue weighted by atomic mass is 16.5. The van der Waals surface area contributed by atoms with Gasteiger partial charge in [-0.05, 0) is 49.9 Å². The summed E-state index contributed by atoms with van der Waals surface area (Å²) in [6.45, 7) is 6.43. The zero-order valence-electron chi connectivity index (χ0n) is 16.1. The van der Waals surface area contributed by atoms with Gasteiger partial charge in [-0.25, -0.2) is 0 Å². The molecule has 1 fully saturated rings. The number of nitrogens with zero attached hydrogens (tertiary/aromatic N) is 2. The van der Waals surface area contributed by atoms with E-state index in [1.807, 2.05) is 19.2 Å². The van der Waals surface area contributed by atoms with Gasteiger partial charge in [0.05, 0.1) is 7.11 Å². The molecule has 1 unspecified atom stereocenters. The Balaban J connectivity index is 1.68. The molecule has 25 heavy (non-hydrogen) atoms. The van der Waals surface area contributed by atoms with Crippen LogP contribution in [0.2, 0.25) is 0 Å². The molecule has 0 radical (unpaired) electrons. The molecule has 1 aromatic rings. The van der Waals surface area contributed by atoms with Gasteiger partial charge in [-0.2, -0.15) is 0 Å². The van der Waals surface area contributed by atoms with Crippen molar-refractivity contribution >= 4 is 5.96 Å². The van der Waals surface area contributed by atoms with Crippen molar-refractivity contribution < 1.29 is 4.74 Å². The topological polar surface area (TPSA) is 48.9 Å². The number of hydrogen-bond donors (Lipinski definition) is 2. The molecule has 140 valence electrons. The van der Waals surface area contributed by atoms with Crippen LogP contribution in [-0.2, 0) is 6.42 Å². The first kappa shape index (κ1) is 19.6. The van der Waals surface area contributed by atoms with Crippen molar-refractivity contribution in [1.29, 1.82) is 0 Å². The predicted octanol–water partition coefficient (Wildman–Crippen LogP) is 2.67. The van der Waals surface area contributed by atoms with E-state index in [2.05, 4.69) is 39.6 Å². The summed E-state index contributed by atoms with van der Waals surface area (Å²) < 4.78 is 5.27. The van der Waals surface area contributed by atoms with Gasteiger partial charge in [-0.15, -0.1) is 0 Å². The number of benzene rings is 1. The van der Waals surface area contributed by atoms with E-state index >= 15 is 0 Å². The van der Waals surface area contributed by atoms with E-state index in [-0.39, 0.29) is 0 Å². The lowest BCUT2D eigenvalue weighted by molar-refractivity contribution is 0.147. The van der Waals surface area contributed by atoms with Crippen molar-refractivity contribution in [2.75, 3.05) is 40.3 Å². The van der Waals surface area contributed by atoms with Gasteiger partial charge in [0, 0.05) is 32.7 Å². The Morgan fingerprint density at radius 3 is 2.88 bits per heavy atom. The summed E-state index contributed by atoms with van der Waals surface area (Å²) in [6.07, 6.45) is 6.28. The molecule has 5 nitrogen and oxygen atoms in total. The first-order valence-corrected chi connectivity index (χ1v) is 9.58. The maximum absolute atomic E-state index is 5.27. The summed E-state index contributed by atoms with van der Waals surface area (Å²) in [6, 6.07) is 8.98. The van der Waals surface area contributed by atoms with E-state index in [4.69, 9.17) is 4.74 Å². The summed E-state index contributed by atoms with van der Waals surface area (Å²) in [4.78, 5) is 6.95. The average Bonchev–Trinajstić information content (AvgIpc) is 2.67. The van der Waals surface area contributed by atoms with Crippen LogP contribution in [0.3, 0.4) is 0 Å². The maximum atomic E-state index is 5.27. The second kappa shape index (κ2) is 11.0. The van der Waals surface area contributed by atoms with Gasteiger partial charge in [0.25, 0.3) is 0 Å². The van der Waals surface area contributed by atoms with Crippen molar-refractivity contribution in [2.45, 2.75) is 45.1 Å². The lowest BCUT2D eigenvalue weighted by atomic mass is 10.0. The monoisotopic (exact) mass is 346 g/mol. The summed E-state index contributed by atoms with van der Waals surface area (Å²) in [5.74, 6) is 1.79. The highest BCUT2D eigenvalue weighted by Gasteiger charge is 2.19. The minimum atomic E-state index is 0.763. The van der Waals surface area contributed by atoms with Gasteiger partial charge in [0.15, 0.2) is 5.96 Å². The third-order valence-corrected chi connectivity index (χ3v) is 4.98. The second-order valence-corrected chi connectivity index (χ2v) is 6.62. The molecule has 1 atom stereocenters. The number of likely N-dealkylation sites (tertiary alicyclic amines) is 1. The molecular formula is C20H34N4O. The molecule has 1 aromatic carbocycles. The van der Waals surface area contributed by atoms with E-state index in [1.165, 1.54) is 37.8 Å².